The Balaban J connectivity index is 2.38. The lowest BCUT2D eigenvalue weighted by atomic mass is 10.1. The summed E-state index contributed by atoms with van der Waals surface area (Å²) in [4.78, 5) is 34.8. The maximum absolute atomic E-state index is 12.3. The van der Waals surface area contributed by atoms with Gasteiger partial charge in [-0.15, -0.1) is 0 Å². The highest BCUT2D eigenvalue weighted by atomic mass is 35.5. The molecular formula is C12H11ClN2O5. The first-order chi connectivity index (χ1) is 9.41. The average molecular weight is 299 g/mol. The molecule has 1 aliphatic heterocycles. The summed E-state index contributed by atoms with van der Waals surface area (Å²) in [5.41, 5.74) is -0.564. The Morgan fingerprint density at radius 1 is 1.45 bits per heavy atom. The summed E-state index contributed by atoms with van der Waals surface area (Å²) in [6.45, 7) is 0.273. The first-order valence-corrected chi connectivity index (χ1v) is 6.27. The highest BCUT2D eigenvalue weighted by Gasteiger charge is 2.36. The van der Waals surface area contributed by atoms with Gasteiger partial charge in [-0.2, -0.15) is 0 Å². The van der Waals surface area contributed by atoms with E-state index in [9.17, 15) is 19.7 Å². The van der Waals surface area contributed by atoms with Crippen molar-refractivity contribution >= 4 is 29.2 Å². The molecule has 7 nitrogen and oxygen atoms in total. The molecule has 8 heteroatoms. The number of aliphatic carboxylic acids is 1. The molecule has 1 amide bonds. The van der Waals surface area contributed by atoms with Crippen LogP contribution in [0, 0.1) is 10.1 Å². The molecule has 2 rings (SSSR count). The molecule has 20 heavy (non-hydrogen) atoms. The first-order valence-electron chi connectivity index (χ1n) is 5.89. The van der Waals surface area contributed by atoms with E-state index in [0.717, 1.165) is 11.0 Å². The van der Waals surface area contributed by atoms with Gasteiger partial charge in [-0.3, -0.25) is 14.9 Å². The van der Waals surface area contributed by atoms with Crippen molar-refractivity contribution in [2.75, 3.05) is 6.54 Å². The molecule has 0 bridgehead atoms. The molecule has 0 saturated carbocycles. The third-order valence-electron chi connectivity index (χ3n) is 3.19. The number of nitrogens with zero attached hydrogens (tertiary/aromatic N) is 2. The van der Waals surface area contributed by atoms with E-state index in [-0.39, 0.29) is 17.1 Å². The van der Waals surface area contributed by atoms with Crippen LogP contribution in [0.25, 0.3) is 0 Å². The Morgan fingerprint density at radius 2 is 2.15 bits per heavy atom. The Labute approximate surface area is 118 Å². The molecule has 1 aromatic rings. The molecule has 106 valence electrons. The second-order valence-corrected chi connectivity index (χ2v) is 4.85. The topological polar surface area (TPSA) is 101 Å². The van der Waals surface area contributed by atoms with E-state index < -0.39 is 28.5 Å². The van der Waals surface area contributed by atoms with E-state index >= 15 is 0 Å². The normalized spacial score (nSPS) is 18.1. The van der Waals surface area contributed by atoms with Gasteiger partial charge in [0.05, 0.1) is 4.92 Å². The SMILES string of the molecule is O=C(O)[C@@H]1CCCN1C(=O)c1ccc(Cl)cc1[N+](=O)[O-]. The number of hydrogen-bond acceptors (Lipinski definition) is 4. The van der Waals surface area contributed by atoms with Gasteiger partial charge in [0, 0.05) is 17.6 Å². The van der Waals surface area contributed by atoms with Gasteiger partial charge in [-0.05, 0) is 25.0 Å². The number of nitro groups is 1. The monoisotopic (exact) mass is 298 g/mol. The lowest BCUT2D eigenvalue weighted by Gasteiger charge is -2.21. The number of carboxylic acids is 1. The number of carboxylic acid groups (broad SMARTS) is 1. The van der Waals surface area contributed by atoms with Crippen molar-refractivity contribution in [3.8, 4) is 0 Å². The number of benzene rings is 1. The zero-order valence-corrected chi connectivity index (χ0v) is 11.0. The van der Waals surface area contributed by atoms with E-state index in [1.54, 1.807) is 0 Å². The van der Waals surface area contributed by atoms with E-state index in [0.29, 0.717) is 12.8 Å². The van der Waals surface area contributed by atoms with Crippen LogP contribution in [-0.2, 0) is 4.79 Å². The number of carbonyl (C=O) groups is 2. The van der Waals surface area contributed by atoms with E-state index in [4.69, 9.17) is 16.7 Å². The highest BCUT2D eigenvalue weighted by Crippen LogP contribution is 2.27. The van der Waals surface area contributed by atoms with Crippen molar-refractivity contribution in [2.24, 2.45) is 0 Å². The fraction of sp³-hybridized carbons (Fsp3) is 0.333. The molecular weight excluding hydrogens is 288 g/mol. The van der Waals surface area contributed by atoms with E-state index in [1.807, 2.05) is 0 Å². The average Bonchev–Trinajstić information content (AvgIpc) is 2.87. The van der Waals surface area contributed by atoms with Crippen LogP contribution in [0.2, 0.25) is 5.02 Å². The van der Waals surface area contributed by atoms with Crippen LogP contribution in [0.5, 0.6) is 0 Å². The van der Waals surface area contributed by atoms with Crippen LogP contribution < -0.4 is 0 Å². The molecule has 0 spiro atoms. The smallest absolute Gasteiger partial charge is 0.326 e. The molecule has 0 aromatic heterocycles. The predicted molar refractivity (Wildman–Crippen MR) is 69.8 cm³/mol. The molecule has 1 fully saturated rings. The van der Waals surface area contributed by atoms with Gasteiger partial charge in [0.25, 0.3) is 11.6 Å². The van der Waals surface area contributed by atoms with Gasteiger partial charge in [-0.25, -0.2) is 4.79 Å². The fourth-order valence-electron chi connectivity index (χ4n) is 2.26. The molecule has 1 heterocycles. The Hall–Kier alpha value is -2.15. The maximum atomic E-state index is 12.3. The van der Waals surface area contributed by atoms with Crippen LogP contribution in [0.15, 0.2) is 18.2 Å². The summed E-state index contributed by atoms with van der Waals surface area (Å²) in [5.74, 6) is -1.76. The van der Waals surface area contributed by atoms with Crippen molar-refractivity contribution in [3.63, 3.8) is 0 Å². The zero-order valence-electron chi connectivity index (χ0n) is 10.3. The predicted octanol–water partition coefficient (Wildman–Crippen LogP) is 1.94. The van der Waals surface area contributed by atoms with Crippen molar-refractivity contribution in [3.05, 3.63) is 38.9 Å². The molecule has 0 aliphatic carbocycles. The number of rotatable bonds is 3. The van der Waals surface area contributed by atoms with E-state index in [1.165, 1.54) is 12.1 Å². The molecule has 0 radical (unpaired) electrons. The minimum absolute atomic E-state index is 0.143. The molecule has 1 N–H and O–H groups in total. The maximum Gasteiger partial charge on any atom is 0.326 e. The van der Waals surface area contributed by atoms with Crippen LogP contribution in [0.4, 0.5) is 5.69 Å². The van der Waals surface area contributed by atoms with Gasteiger partial charge in [0.2, 0.25) is 0 Å². The number of likely N-dealkylation sites (tertiary alicyclic amines) is 1. The molecule has 1 aromatic carbocycles. The fourth-order valence-corrected chi connectivity index (χ4v) is 2.42. The third-order valence-corrected chi connectivity index (χ3v) is 3.42. The van der Waals surface area contributed by atoms with Gasteiger partial charge in [-0.1, -0.05) is 11.6 Å². The summed E-state index contributed by atoms with van der Waals surface area (Å²) in [7, 11) is 0. The number of hydrogen-bond donors (Lipinski definition) is 1. The summed E-state index contributed by atoms with van der Waals surface area (Å²) >= 11 is 5.68. The largest absolute Gasteiger partial charge is 0.480 e. The number of amides is 1. The molecule has 0 unspecified atom stereocenters. The summed E-state index contributed by atoms with van der Waals surface area (Å²) in [6, 6.07) is 2.77. The molecule has 1 aliphatic rings. The van der Waals surface area contributed by atoms with Crippen molar-refractivity contribution in [2.45, 2.75) is 18.9 Å². The first kappa shape index (κ1) is 14.3. The molecule has 1 saturated heterocycles. The number of carbonyl (C=O) groups excluding carboxylic acids is 1. The van der Waals surface area contributed by atoms with Gasteiger partial charge < -0.3 is 10.0 Å². The second-order valence-electron chi connectivity index (χ2n) is 4.41. The van der Waals surface area contributed by atoms with Gasteiger partial charge >= 0.3 is 5.97 Å². The zero-order chi connectivity index (χ0) is 14.9. The minimum atomic E-state index is -1.10. The van der Waals surface area contributed by atoms with Crippen LogP contribution >= 0.6 is 11.6 Å². The van der Waals surface area contributed by atoms with Crippen molar-refractivity contribution in [1.82, 2.24) is 4.90 Å². The summed E-state index contributed by atoms with van der Waals surface area (Å²) < 4.78 is 0. The van der Waals surface area contributed by atoms with Gasteiger partial charge in [0.1, 0.15) is 11.6 Å². The summed E-state index contributed by atoms with van der Waals surface area (Å²) in [5, 5.41) is 20.2. The number of halogens is 1. The van der Waals surface area contributed by atoms with E-state index in [2.05, 4.69) is 0 Å². The lowest BCUT2D eigenvalue weighted by molar-refractivity contribution is -0.385. The standard InChI is InChI=1S/C12H11ClN2O5/c13-7-3-4-8(10(6-7)15(19)20)11(16)14-5-1-2-9(14)12(17)18/h3-4,6,9H,1-2,5H2,(H,17,18)/t9-/m0/s1. The van der Waals surface area contributed by atoms with Crippen molar-refractivity contribution in [1.29, 1.82) is 0 Å². The molecule has 1 atom stereocenters. The van der Waals surface area contributed by atoms with Gasteiger partial charge in [0.15, 0.2) is 0 Å². The Bertz CT molecular complexity index is 589. The van der Waals surface area contributed by atoms with Crippen molar-refractivity contribution < 1.29 is 19.6 Å². The highest BCUT2D eigenvalue weighted by molar-refractivity contribution is 6.31. The van der Waals surface area contributed by atoms with Crippen LogP contribution in [-0.4, -0.2) is 39.4 Å². The number of nitro benzene ring substituents is 1. The second kappa shape index (κ2) is 5.46. The lowest BCUT2D eigenvalue weighted by Crippen LogP contribution is -2.40. The van der Waals surface area contributed by atoms with Crippen LogP contribution in [0.1, 0.15) is 23.2 Å². The third kappa shape index (κ3) is 2.57. The summed E-state index contributed by atoms with van der Waals surface area (Å²) in [6.07, 6.45) is 0.909. The Morgan fingerprint density at radius 3 is 2.75 bits per heavy atom. The Kier molecular flexibility index (Phi) is 3.89. The minimum Gasteiger partial charge on any atom is -0.480 e. The quantitative estimate of drug-likeness (QED) is 0.679. The van der Waals surface area contributed by atoms with Crippen LogP contribution in [0.3, 0.4) is 0 Å².